The van der Waals surface area contributed by atoms with Gasteiger partial charge in [0.1, 0.15) is 6.04 Å². The number of carbonyl (C=O) groups excluding carboxylic acids is 1. The highest BCUT2D eigenvalue weighted by atomic mass is 16.4. The second kappa shape index (κ2) is 7.33. The fraction of sp³-hybridized carbons (Fsp3) is 0.455. The Hall–Kier alpha value is -2.02. The lowest BCUT2D eigenvalue weighted by Crippen LogP contribution is -2.41. The van der Waals surface area contributed by atoms with E-state index in [0.29, 0.717) is 6.42 Å². The molecule has 0 aliphatic carbocycles. The van der Waals surface area contributed by atoms with Crippen LogP contribution < -0.4 is 10.6 Å². The fourth-order valence-corrected chi connectivity index (χ4v) is 1.35. The van der Waals surface area contributed by atoms with Crippen molar-refractivity contribution in [1.82, 2.24) is 15.3 Å². The number of anilines is 1. The number of hydrogen-bond acceptors (Lipinski definition) is 5. The minimum Gasteiger partial charge on any atom is -0.480 e. The number of carboxylic acid groups (broad SMARTS) is 1. The maximum absolute atomic E-state index is 11.5. The largest absolute Gasteiger partial charge is 0.480 e. The molecule has 7 nitrogen and oxygen atoms in total. The van der Waals surface area contributed by atoms with Gasteiger partial charge in [-0.15, -0.1) is 0 Å². The van der Waals surface area contributed by atoms with Gasteiger partial charge in [0.15, 0.2) is 0 Å². The van der Waals surface area contributed by atoms with E-state index in [9.17, 15) is 9.59 Å². The summed E-state index contributed by atoms with van der Waals surface area (Å²) < 4.78 is 0. The van der Waals surface area contributed by atoms with E-state index >= 15 is 0 Å². The van der Waals surface area contributed by atoms with Crippen molar-refractivity contribution in [2.24, 2.45) is 0 Å². The normalized spacial score (nSPS) is 11.8. The van der Waals surface area contributed by atoms with E-state index in [1.165, 1.54) is 12.4 Å². The van der Waals surface area contributed by atoms with E-state index in [4.69, 9.17) is 5.11 Å². The Kier molecular flexibility index (Phi) is 5.72. The SMILES string of the molecule is CCCC(NCC(=O)Nc1ncccn1)C(=O)O. The molecule has 0 fully saturated rings. The monoisotopic (exact) mass is 252 g/mol. The van der Waals surface area contributed by atoms with Gasteiger partial charge < -0.3 is 5.11 Å². The number of amides is 1. The molecule has 7 heteroatoms. The number of aromatic nitrogens is 2. The van der Waals surface area contributed by atoms with E-state index < -0.39 is 12.0 Å². The summed E-state index contributed by atoms with van der Waals surface area (Å²) >= 11 is 0. The molecule has 0 aliphatic rings. The molecule has 3 N–H and O–H groups in total. The number of carbonyl (C=O) groups is 2. The van der Waals surface area contributed by atoms with Gasteiger partial charge in [0.2, 0.25) is 11.9 Å². The van der Waals surface area contributed by atoms with Gasteiger partial charge in [-0.05, 0) is 12.5 Å². The Labute approximate surface area is 105 Å². The maximum atomic E-state index is 11.5. The summed E-state index contributed by atoms with van der Waals surface area (Å²) in [5.74, 6) is -1.13. The highest BCUT2D eigenvalue weighted by Crippen LogP contribution is 1.97. The smallest absolute Gasteiger partial charge is 0.320 e. The zero-order valence-corrected chi connectivity index (χ0v) is 10.1. The molecular formula is C11H16N4O3. The van der Waals surface area contributed by atoms with Crippen LogP contribution in [0.5, 0.6) is 0 Å². The zero-order chi connectivity index (χ0) is 13.4. The molecule has 0 saturated carbocycles. The van der Waals surface area contributed by atoms with Crippen LogP contribution in [0.1, 0.15) is 19.8 Å². The van der Waals surface area contributed by atoms with Crippen molar-refractivity contribution in [2.45, 2.75) is 25.8 Å². The summed E-state index contributed by atoms with van der Waals surface area (Å²) in [6.07, 6.45) is 4.22. The highest BCUT2D eigenvalue weighted by Gasteiger charge is 2.16. The first-order valence-corrected chi connectivity index (χ1v) is 5.66. The summed E-state index contributed by atoms with van der Waals surface area (Å²) in [6, 6.07) is 0.924. The Balaban J connectivity index is 2.38. The Morgan fingerprint density at radius 3 is 2.61 bits per heavy atom. The van der Waals surface area contributed by atoms with Gasteiger partial charge in [0.05, 0.1) is 6.54 Å². The molecule has 1 amide bonds. The van der Waals surface area contributed by atoms with Gasteiger partial charge in [-0.3, -0.25) is 20.2 Å². The van der Waals surface area contributed by atoms with Gasteiger partial charge in [-0.1, -0.05) is 13.3 Å². The number of hydrogen-bond donors (Lipinski definition) is 3. The first kappa shape index (κ1) is 14.0. The average molecular weight is 252 g/mol. The minimum absolute atomic E-state index is 0.0881. The van der Waals surface area contributed by atoms with Gasteiger partial charge >= 0.3 is 5.97 Å². The second-order valence-electron chi connectivity index (χ2n) is 3.68. The van der Waals surface area contributed by atoms with Gasteiger partial charge in [0, 0.05) is 12.4 Å². The first-order chi connectivity index (χ1) is 8.63. The van der Waals surface area contributed by atoms with Crippen LogP contribution in [0.15, 0.2) is 18.5 Å². The molecule has 0 aromatic carbocycles. The molecule has 0 spiro atoms. The lowest BCUT2D eigenvalue weighted by atomic mass is 10.2. The third kappa shape index (κ3) is 4.88. The third-order valence-electron chi connectivity index (χ3n) is 2.20. The van der Waals surface area contributed by atoms with E-state index in [0.717, 1.165) is 6.42 Å². The lowest BCUT2D eigenvalue weighted by Gasteiger charge is -2.12. The predicted octanol–water partition coefficient (Wildman–Crippen LogP) is 0.258. The van der Waals surface area contributed by atoms with Crippen LogP contribution in [0, 0.1) is 0 Å². The van der Waals surface area contributed by atoms with E-state index in [-0.39, 0.29) is 18.4 Å². The quantitative estimate of drug-likeness (QED) is 0.643. The molecule has 98 valence electrons. The maximum Gasteiger partial charge on any atom is 0.320 e. The molecular weight excluding hydrogens is 236 g/mol. The number of aliphatic carboxylic acids is 1. The molecule has 1 heterocycles. The van der Waals surface area contributed by atoms with Gasteiger partial charge in [-0.25, -0.2) is 9.97 Å². The number of rotatable bonds is 7. The van der Waals surface area contributed by atoms with Crippen molar-refractivity contribution in [2.75, 3.05) is 11.9 Å². The predicted molar refractivity (Wildman–Crippen MR) is 65.0 cm³/mol. The number of nitrogens with zero attached hydrogens (tertiary/aromatic N) is 2. The molecule has 0 aliphatic heterocycles. The molecule has 0 radical (unpaired) electrons. The Morgan fingerprint density at radius 2 is 2.06 bits per heavy atom. The molecule has 1 rings (SSSR count). The van der Waals surface area contributed by atoms with Crippen molar-refractivity contribution in [3.63, 3.8) is 0 Å². The van der Waals surface area contributed by atoms with E-state index in [2.05, 4.69) is 20.6 Å². The van der Waals surface area contributed by atoms with Crippen molar-refractivity contribution < 1.29 is 14.7 Å². The number of nitrogens with one attached hydrogen (secondary N) is 2. The summed E-state index contributed by atoms with van der Waals surface area (Å²) in [6.45, 7) is 1.80. The Morgan fingerprint density at radius 1 is 1.39 bits per heavy atom. The fourth-order valence-electron chi connectivity index (χ4n) is 1.35. The van der Waals surface area contributed by atoms with Gasteiger partial charge in [0.25, 0.3) is 0 Å². The van der Waals surface area contributed by atoms with Crippen LogP contribution in [0.3, 0.4) is 0 Å². The highest BCUT2D eigenvalue weighted by molar-refractivity contribution is 5.90. The second-order valence-corrected chi connectivity index (χ2v) is 3.68. The number of carboxylic acids is 1. The van der Waals surface area contributed by atoms with Crippen LogP contribution in [-0.4, -0.2) is 39.5 Å². The zero-order valence-electron chi connectivity index (χ0n) is 10.1. The topological polar surface area (TPSA) is 104 Å². The summed E-state index contributed by atoms with van der Waals surface area (Å²) in [7, 11) is 0. The lowest BCUT2D eigenvalue weighted by molar-refractivity contribution is -0.139. The van der Waals surface area contributed by atoms with Crippen LogP contribution in [0.2, 0.25) is 0 Å². The molecule has 1 atom stereocenters. The van der Waals surface area contributed by atoms with Crippen LogP contribution in [-0.2, 0) is 9.59 Å². The molecule has 1 aromatic rings. The first-order valence-electron chi connectivity index (χ1n) is 5.66. The molecule has 0 bridgehead atoms. The standard InChI is InChI=1S/C11H16N4O3/c1-2-4-8(10(17)18)14-7-9(16)15-11-12-5-3-6-13-11/h3,5-6,8,14H,2,4,7H2,1H3,(H,17,18)(H,12,13,15,16). The molecule has 18 heavy (non-hydrogen) atoms. The van der Waals surface area contributed by atoms with Crippen molar-refractivity contribution >= 4 is 17.8 Å². The minimum atomic E-state index is -0.958. The third-order valence-corrected chi connectivity index (χ3v) is 2.20. The average Bonchev–Trinajstić information content (AvgIpc) is 2.35. The van der Waals surface area contributed by atoms with E-state index in [1.54, 1.807) is 6.07 Å². The molecule has 1 unspecified atom stereocenters. The molecule has 1 aromatic heterocycles. The van der Waals surface area contributed by atoms with Crippen molar-refractivity contribution in [3.8, 4) is 0 Å². The van der Waals surface area contributed by atoms with Gasteiger partial charge in [-0.2, -0.15) is 0 Å². The van der Waals surface area contributed by atoms with Crippen molar-refractivity contribution in [1.29, 1.82) is 0 Å². The Bertz CT molecular complexity index is 397. The van der Waals surface area contributed by atoms with E-state index in [1.807, 2.05) is 6.92 Å². The van der Waals surface area contributed by atoms with Crippen LogP contribution >= 0.6 is 0 Å². The van der Waals surface area contributed by atoms with Crippen LogP contribution in [0.4, 0.5) is 5.95 Å². The summed E-state index contributed by atoms with van der Waals surface area (Å²) in [5, 5.41) is 14.0. The van der Waals surface area contributed by atoms with Crippen LogP contribution in [0.25, 0.3) is 0 Å². The molecule has 0 saturated heterocycles. The summed E-state index contributed by atoms with van der Waals surface area (Å²) in [4.78, 5) is 30.0. The van der Waals surface area contributed by atoms with Crippen molar-refractivity contribution in [3.05, 3.63) is 18.5 Å². The summed E-state index contributed by atoms with van der Waals surface area (Å²) in [5.41, 5.74) is 0.